The number of anilines is 1. The van der Waals surface area contributed by atoms with Crippen molar-refractivity contribution in [1.29, 1.82) is 0 Å². The summed E-state index contributed by atoms with van der Waals surface area (Å²) >= 11 is 0. The highest BCUT2D eigenvalue weighted by atomic mass is 31.2. The van der Waals surface area contributed by atoms with Crippen LogP contribution < -0.4 is 40.8 Å². The molecule has 0 saturated heterocycles. The number of hydrogen-bond acceptors (Lipinski definition) is 17. The lowest BCUT2D eigenvalue weighted by Crippen LogP contribution is -2.31. The number of Topliss-reactive ketones (excluding diaryl/α,β-unsaturated/α-hetero) is 1. The summed E-state index contributed by atoms with van der Waals surface area (Å²) in [5.74, 6) is -2.26. The number of carboxylic acid groups (broad SMARTS) is 1. The van der Waals surface area contributed by atoms with Crippen molar-refractivity contribution < 1.29 is 70.7 Å². The van der Waals surface area contributed by atoms with E-state index in [0.717, 1.165) is 71.4 Å². The zero-order chi connectivity index (χ0) is 66.0. The second kappa shape index (κ2) is 32.2. The number of nitrogens with zero attached hydrogens (tertiary/aromatic N) is 7. The van der Waals surface area contributed by atoms with Crippen molar-refractivity contribution in [3.63, 3.8) is 0 Å². The Kier molecular flexibility index (Phi) is 24.3. The monoisotopic (exact) mass is 1290 g/mol. The molecule has 0 saturated carbocycles. The fourth-order valence-corrected chi connectivity index (χ4v) is 12.1. The molecule has 92 heavy (non-hydrogen) atoms. The normalized spacial score (nSPS) is 13.0. The van der Waals surface area contributed by atoms with Gasteiger partial charge in [-0.1, -0.05) is 41.6 Å². The Balaban J connectivity index is 0.741. The maximum atomic E-state index is 14.1. The number of fused-ring (bicyclic) bond motifs is 2. The summed E-state index contributed by atoms with van der Waals surface area (Å²) in [5, 5.41) is 37.4. The number of alkyl halides is 3. The molecule has 5 aromatic rings. The molecular formula is C65H79F3N11O12P+2. The van der Waals surface area contributed by atoms with Crippen LogP contribution in [0.2, 0.25) is 0 Å². The minimum absolute atomic E-state index is 0.0214. The third-order valence-corrected chi connectivity index (χ3v) is 17.5. The average Bonchev–Trinajstić information content (AvgIpc) is 0.891. The molecule has 490 valence electrons. The first-order valence-corrected chi connectivity index (χ1v) is 32.7. The minimum atomic E-state index is -4.83. The van der Waals surface area contributed by atoms with E-state index < -0.39 is 43.4 Å². The van der Waals surface area contributed by atoms with Crippen molar-refractivity contribution in [3.8, 4) is 28.2 Å². The number of unbranched alkanes of at least 4 members (excludes halogenated alkanes) is 2. The molecular weight excluding hydrogens is 1210 g/mol. The summed E-state index contributed by atoms with van der Waals surface area (Å²) in [6, 6.07) is 29.1. The third kappa shape index (κ3) is 18.2. The molecule has 8 rings (SSSR count). The van der Waals surface area contributed by atoms with Gasteiger partial charge in [-0.25, -0.2) is 23.8 Å². The molecule has 0 spiro atoms. The Morgan fingerprint density at radius 1 is 0.772 bits per heavy atom. The Hall–Kier alpha value is -8.52. The van der Waals surface area contributed by atoms with Crippen LogP contribution in [-0.2, 0) is 37.8 Å². The second-order valence-corrected chi connectivity index (χ2v) is 24.5. The first kappa shape index (κ1) is 69.4. The number of hydrogen-bond donors (Lipinski definition) is 7. The fraction of sp³-hybridized carbons (Fsp3) is 0.415. The van der Waals surface area contributed by atoms with E-state index in [1.54, 1.807) is 31.3 Å². The van der Waals surface area contributed by atoms with Crippen LogP contribution >= 0.6 is 7.72 Å². The zero-order valence-electron chi connectivity index (χ0n) is 52.1. The molecule has 1 unspecified atom stereocenters. The number of carboxylic acids is 1. The quantitative estimate of drug-likeness (QED) is 0.00844. The minimum Gasteiger partial charge on any atom is -0.490 e. The van der Waals surface area contributed by atoms with E-state index in [1.165, 1.54) is 22.9 Å². The lowest BCUT2D eigenvalue weighted by molar-refractivity contribution is -0.166. The van der Waals surface area contributed by atoms with Gasteiger partial charge in [-0.2, -0.15) is 13.2 Å². The first-order valence-electron chi connectivity index (χ1n) is 30.7. The van der Waals surface area contributed by atoms with Crippen LogP contribution in [-0.4, -0.2) is 157 Å². The number of nitrogens with one attached hydrogen (secondary N) is 4. The SMILES string of the molecule is CCN(CC)c1ccc2c(-c3ccccc3C(=O)NCc3cn(CC(=O)NCCOCCOCCOc4cc(C5(C(F)(F)F)N=N5)ccc4C(=O)NCCCCC[P+](O)(O)CC(=O)CNC(C)c4cccc(C(=O)O)c4)nn3)c3ccc(=[N+](CC)CC)cc-3oc2c1. The van der Waals surface area contributed by atoms with Crippen molar-refractivity contribution in [1.82, 2.24) is 40.8 Å². The van der Waals surface area contributed by atoms with Crippen molar-refractivity contribution in [2.75, 3.05) is 96.1 Å². The van der Waals surface area contributed by atoms with E-state index in [1.807, 2.05) is 18.2 Å². The first-order chi connectivity index (χ1) is 44.2. The molecule has 23 nitrogen and oxygen atoms in total. The molecule has 4 aromatic carbocycles. The average molecular weight is 1290 g/mol. The van der Waals surface area contributed by atoms with Gasteiger partial charge in [-0.05, 0) is 114 Å². The smallest absolute Gasteiger partial charge is 0.442 e. The van der Waals surface area contributed by atoms with E-state index in [4.69, 9.17) is 18.6 Å². The van der Waals surface area contributed by atoms with Gasteiger partial charge in [0.05, 0.1) is 62.9 Å². The standard InChI is InChI=1S/C65H77F3N11O12P/c1-6-77(7-2)48-21-24-53-57(36-48)91-58-37-49(78(8-3)9-4)22-25-54(58)60(53)51-18-11-12-19-52(51)61(82)72-38-47-40-79(76-73-47)41-59(81)69-27-28-88-29-30-89-31-32-90-56-35-46(64(74-75-64)65(66,67)68)20-23-55(56)62(83)70-26-13-10-14-33-92(86,87)42-50(80)39-71-43(5)44-16-15-17-45(34-44)63(84)85/h11-12,15-25,34-37,40,43,71,86-87H,6-10,13-14,26-33,38-39,41-42H2,1-5H3,(H2-2,69,70,72,81,82,83,84,85)/p+2. The van der Waals surface area contributed by atoms with Crippen molar-refractivity contribution in [2.24, 2.45) is 10.2 Å². The van der Waals surface area contributed by atoms with E-state index in [0.29, 0.717) is 47.4 Å². The summed E-state index contributed by atoms with van der Waals surface area (Å²) in [5.41, 5.74) is 2.72. The lowest BCUT2D eigenvalue weighted by atomic mass is 9.90. The maximum absolute atomic E-state index is 14.1. The number of amides is 3. The Morgan fingerprint density at radius 3 is 2.24 bits per heavy atom. The van der Waals surface area contributed by atoms with E-state index in [2.05, 4.69) is 115 Å². The summed E-state index contributed by atoms with van der Waals surface area (Å²) in [4.78, 5) is 87.7. The fourth-order valence-electron chi connectivity index (χ4n) is 10.6. The second-order valence-electron chi connectivity index (χ2n) is 22.0. The van der Waals surface area contributed by atoms with Crippen LogP contribution in [0.5, 0.6) is 5.75 Å². The van der Waals surface area contributed by atoms with Gasteiger partial charge in [-0.3, -0.25) is 19.2 Å². The van der Waals surface area contributed by atoms with Gasteiger partial charge in [0, 0.05) is 77.7 Å². The van der Waals surface area contributed by atoms with Crippen LogP contribution in [0.4, 0.5) is 18.9 Å². The molecule has 1 aliphatic carbocycles. The van der Waals surface area contributed by atoms with Crippen molar-refractivity contribution in [2.45, 2.75) is 84.9 Å². The van der Waals surface area contributed by atoms with Gasteiger partial charge in [0.25, 0.3) is 19.5 Å². The summed E-state index contributed by atoms with van der Waals surface area (Å²) in [6.45, 7) is 13.8. The number of rotatable bonds is 36. The number of benzene rings is 5. The van der Waals surface area contributed by atoms with E-state index >= 15 is 0 Å². The molecule has 3 heterocycles. The molecule has 0 radical (unpaired) electrons. The summed E-state index contributed by atoms with van der Waals surface area (Å²) in [7, 11) is -3.58. The Morgan fingerprint density at radius 2 is 1.51 bits per heavy atom. The molecule has 0 fully saturated rings. The number of aromatic carboxylic acids is 1. The largest absolute Gasteiger partial charge is 0.490 e. The highest BCUT2D eigenvalue weighted by Crippen LogP contribution is 2.53. The molecule has 2 aliphatic heterocycles. The molecule has 0 bridgehead atoms. The molecule has 7 N–H and O–H groups in total. The molecule has 3 aliphatic rings. The summed E-state index contributed by atoms with van der Waals surface area (Å²) < 4.78 is 69.1. The van der Waals surface area contributed by atoms with Crippen LogP contribution in [0.15, 0.2) is 124 Å². The van der Waals surface area contributed by atoms with Crippen LogP contribution in [0.25, 0.3) is 33.4 Å². The number of ketones is 1. The van der Waals surface area contributed by atoms with E-state index in [-0.39, 0.29) is 112 Å². The number of aromatic nitrogens is 3. The third-order valence-electron chi connectivity index (χ3n) is 15.6. The van der Waals surface area contributed by atoms with Crippen LogP contribution in [0, 0.1) is 0 Å². The number of carbonyl (C=O) groups excluding carboxylic acids is 4. The number of carbonyl (C=O) groups is 5. The van der Waals surface area contributed by atoms with Crippen molar-refractivity contribution in [3.05, 3.63) is 148 Å². The van der Waals surface area contributed by atoms with Gasteiger partial charge in [0.2, 0.25) is 11.3 Å². The molecule has 1 atom stereocenters. The Labute approximate surface area is 530 Å². The van der Waals surface area contributed by atoms with Crippen LogP contribution in [0.3, 0.4) is 0 Å². The highest BCUT2D eigenvalue weighted by molar-refractivity contribution is 7.65. The van der Waals surface area contributed by atoms with Gasteiger partial charge in [-0.15, -0.1) is 15.3 Å². The predicted molar refractivity (Wildman–Crippen MR) is 341 cm³/mol. The Bertz CT molecular complexity index is 3790. The lowest BCUT2D eigenvalue weighted by Gasteiger charge is -2.22. The molecule has 1 aromatic heterocycles. The number of ether oxygens (including phenoxy) is 3. The topological polar surface area (TPSA) is 297 Å². The van der Waals surface area contributed by atoms with Crippen molar-refractivity contribution >= 4 is 53.8 Å². The van der Waals surface area contributed by atoms with Gasteiger partial charge >= 0.3 is 17.8 Å². The number of halogens is 3. The van der Waals surface area contributed by atoms with Crippen LogP contribution in [0.1, 0.15) is 108 Å². The van der Waals surface area contributed by atoms with E-state index in [9.17, 15) is 52.0 Å². The summed E-state index contributed by atoms with van der Waals surface area (Å²) in [6.07, 6.45) is -2.50. The zero-order valence-corrected chi connectivity index (χ0v) is 53.0. The van der Waals surface area contributed by atoms with Gasteiger partial charge < -0.3 is 49.9 Å². The van der Waals surface area contributed by atoms with Gasteiger partial charge in [0.1, 0.15) is 55.2 Å². The molecule has 3 amide bonds. The maximum Gasteiger partial charge on any atom is 0.442 e. The highest BCUT2D eigenvalue weighted by Gasteiger charge is 2.65. The molecule has 27 heteroatoms. The van der Waals surface area contributed by atoms with Gasteiger partial charge in [0.15, 0.2) is 11.9 Å². The predicted octanol–water partition coefficient (Wildman–Crippen LogP) is 8.14.